The first-order valence-electron chi connectivity index (χ1n) is 12.9. The smallest absolute Gasteiger partial charge is 0.249 e. The molecule has 1 saturated carbocycles. The first-order valence-corrected chi connectivity index (χ1v) is 13.9. The van der Waals surface area contributed by atoms with Gasteiger partial charge in [-0.3, -0.25) is 4.79 Å². The minimum atomic E-state index is -2.87. The van der Waals surface area contributed by atoms with E-state index in [0.717, 1.165) is 28.4 Å². The highest BCUT2D eigenvalue weighted by Crippen LogP contribution is 2.47. The van der Waals surface area contributed by atoms with Crippen molar-refractivity contribution in [1.82, 2.24) is 10.2 Å². The summed E-state index contributed by atoms with van der Waals surface area (Å²) in [5.74, 6) is -2.58. The summed E-state index contributed by atoms with van der Waals surface area (Å²) in [6.45, 7) is 2.22. The van der Waals surface area contributed by atoms with Gasteiger partial charge in [-0.15, -0.1) is 11.8 Å². The number of rotatable bonds is 8. The quantitative estimate of drug-likeness (QED) is 0.332. The monoisotopic (exact) mass is 511 g/mol. The van der Waals surface area contributed by atoms with Crippen LogP contribution >= 0.6 is 11.8 Å². The molecular formula is C29H35F2N3OS. The molecule has 1 amide bonds. The zero-order valence-electron chi connectivity index (χ0n) is 20.9. The number of hydrogen-bond acceptors (Lipinski definition) is 4. The van der Waals surface area contributed by atoms with Crippen molar-refractivity contribution in [3.8, 4) is 17.2 Å². The van der Waals surface area contributed by atoms with Crippen molar-refractivity contribution in [2.24, 2.45) is 11.8 Å². The molecule has 0 spiro atoms. The second-order valence-electron chi connectivity index (χ2n) is 10.2. The molecule has 2 aromatic carbocycles. The third kappa shape index (κ3) is 6.86. The summed E-state index contributed by atoms with van der Waals surface area (Å²) < 4.78 is 28.6. The fourth-order valence-corrected chi connectivity index (χ4v) is 6.56. The van der Waals surface area contributed by atoms with Gasteiger partial charge in [-0.1, -0.05) is 36.4 Å². The number of nitrogens with one attached hydrogen (secondary N) is 1. The Kier molecular flexibility index (Phi) is 9.03. The number of halogens is 2. The summed E-state index contributed by atoms with van der Waals surface area (Å²) in [6, 6.07) is 18.2. The van der Waals surface area contributed by atoms with Crippen LogP contribution in [-0.2, 0) is 4.79 Å². The maximum Gasteiger partial charge on any atom is 0.249 e. The number of thioether (sulfide) groups is 1. The Hall–Kier alpha value is -2.43. The standard InChI is InChI=1S/C29H35F2N3OS/c1-34-17-11-21(12-18-34)13-19-36-23-8-6-22(7-9-23)24-4-2-3-5-25(24)26-10-14-29(30,31)20-27(26)28(35)33-16-15-32/h2-9,21,26-27H,10-14,16-20H2,1H3,(H,33,35). The summed E-state index contributed by atoms with van der Waals surface area (Å²) in [7, 11) is 2.19. The average molecular weight is 512 g/mol. The molecule has 1 aliphatic heterocycles. The minimum absolute atomic E-state index is 0.174. The summed E-state index contributed by atoms with van der Waals surface area (Å²) in [4.78, 5) is 16.4. The maximum absolute atomic E-state index is 14.3. The van der Waals surface area contributed by atoms with Gasteiger partial charge in [0.1, 0.15) is 6.54 Å². The molecule has 36 heavy (non-hydrogen) atoms. The summed E-state index contributed by atoms with van der Waals surface area (Å²) >= 11 is 1.89. The maximum atomic E-state index is 14.3. The van der Waals surface area contributed by atoms with E-state index in [1.807, 2.05) is 42.1 Å². The van der Waals surface area contributed by atoms with Gasteiger partial charge < -0.3 is 10.2 Å². The molecule has 2 unspecified atom stereocenters. The Morgan fingerprint density at radius 1 is 1.14 bits per heavy atom. The van der Waals surface area contributed by atoms with Gasteiger partial charge in [-0.25, -0.2) is 8.78 Å². The topological polar surface area (TPSA) is 56.1 Å². The first kappa shape index (κ1) is 26.6. The number of nitriles is 1. The van der Waals surface area contributed by atoms with E-state index >= 15 is 0 Å². The second kappa shape index (κ2) is 12.2. The van der Waals surface area contributed by atoms with Crippen LogP contribution in [0.25, 0.3) is 11.1 Å². The van der Waals surface area contributed by atoms with Gasteiger partial charge in [0.05, 0.1) is 12.0 Å². The van der Waals surface area contributed by atoms with Crippen LogP contribution in [0.2, 0.25) is 0 Å². The normalized spacial score (nSPS) is 22.6. The van der Waals surface area contributed by atoms with Gasteiger partial charge in [0.2, 0.25) is 11.8 Å². The Bertz CT molecular complexity index is 1060. The number of carbonyl (C=O) groups is 1. The van der Waals surface area contributed by atoms with Crippen molar-refractivity contribution in [2.45, 2.75) is 55.3 Å². The van der Waals surface area contributed by atoms with E-state index < -0.39 is 24.2 Å². The molecule has 2 aromatic rings. The lowest BCUT2D eigenvalue weighted by Gasteiger charge is -2.36. The molecule has 1 saturated heterocycles. The highest BCUT2D eigenvalue weighted by Gasteiger charge is 2.45. The third-order valence-corrected chi connectivity index (χ3v) is 8.71. The van der Waals surface area contributed by atoms with Gasteiger partial charge in [0, 0.05) is 17.7 Å². The number of hydrogen-bond donors (Lipinski definition) is 1. The number of nitrogens with zero attached hydrogens (tertiary/aromatic N) is 2. The Morgan fingerprint density at radius 3 is 2.58 bits per heavy atom. The van der Waals surface area contributed by atoms with Crippen LogP contribution in [0.4, 0.5) is 8.78 Å². The zero-order chi connectivity index (χ0) is 25.5. The minimum Gasteiger partial charge on any atom is -0.343 e. The molecular weight excluding hydrogens is 476 g/mol. The van der Waals surface area contributed by atoms with Crippen LogP contribution < -0.4 is 5.32 Å². The van der Waals surface area contributed by atoms with Crippen molar-refractivity contribution in [3.05, 3.63) is 54.1 Å². The molecule has 4 rings (SSSR count). The lowest BCUT2D eigenvalue weighted by Crippen LogP contribution is -2.41. The Balaban J connectivity index is 1.46. The van der Waals surface area contributed by atoms with E-state index in [-0.39, 0.29) is 25.3 Å². The molecule has 192 valence electrons. The highest BCUT2D eigenvalue weighted by atomic mass is 32.2. The number of amides is 1. The van der Waals surface area contributed by atoms with Crippen molar-refractivity contribution >= 4 is 17.7 Å². The van der Waals surface area contributed by atoms with Crippen molar-refractivity contribution in [1.29, 1.82) is 5.26 Å². The number of carbonyl (C=O) groups excluding carboxylic acids is 1. The van der Waals surface area contributed by atoms with Gasteiger partial charge >= 0.3 is 0 Å². The van der Waals surface area contributed by atoms with Crippen LogP contribution in [0.3, 0.4) is 0 Å². The van der Waals surface area contributed by atoms with E-state index in [1.54, 1.807) is 0 Å². The van der Waals surface area contributed by atoms with Gasteiger partial charge in [0.25, 0.3) is 0 Å². The Morgan fingerprint density at radius 2 is 1.86 bits per heavy atom. The third-order valence-electron chi connectivity index (χ3n) is 7.66. The summed E-state index contributed by atoms with van der Waals surface area (Å²) in [5, 5.41) is 11.3. The van der Waals surface area contributed by atoms with Crippen molar-refractivity contribution < 1.29 is 13.6 Å². The van der Waals surface area contributed by atoms with Gasteiger partial charge in [-0.05, 0) is 92.2 Å². The number of piperidine rings is 1. The largest absolute Gasteiger partial charge is 0.343 e. The van der Waals surface area contributed by atoms with E-state index in [9.17, 15) is 13.6 Å². The van der Waals surface area contributed by atoms with E-state index in [4.69, 9.17) is 5.26 Å². The highest BCUT2D eigenvalue weighted by molar-refractivity contribution is 7.99. The molecule has 7 heteroatoms. The molecule has 1 heterocycles. The molecule has 2 aliphatic rings. The lowest BCUT2D eigenvalue weighted by atomic mass is 9.72. The molecule has 1 aliphatic carbocycles. The Labute approximate surface area is 217 Å². The average Bonchev–Trinajstić information content (AvgIpc) is 2.88. The number of alkyl halides is 2. The molecule has 4 nitrogen and oxygen atoms in total. The lowest BCUT2D eigenvalue weighted by molar-refractivity contribution is -0.133. The molecule has 2 atom stereocenters. The molecule has 0 bridgehead atoms. The van der Waals surface area contributed by atoms with E-state index in [1.165, 1.54) is 37.2 Å². The number of likely N-dealkylation sites (tertiary alicyclic amines) is 1. The van der Waals surface area contributed by atoms with Crippen LogP contribution in [0.1, 0.15) is 50.0 Å². The van der Waals surface area contributed by atoms with Gasteiger partial charge in [0.15, 0.2) is 0 Å². The van der Waals surface area contributed by atoms with Crippen LogP contribution in [0, 0.1) is 23.2 Å². The predicted octanol–water partition coefficient (Wildman–Crippen LogP) is 6.34. The molecule has 0 aromatic heterocycles. The zero-order valence-corrected chi connectivity index (χ0v) is 21.7. The van der Waals surface area contributed by atoms with Crippen LogP contribution in [0.5, 0.6) is 0 Å². The fraction of sp³-hybridized carbons (Fsp3) is 0.517. The van der Waals surface area contributed by atoms with Crippen LogP contribution in [-0.4, -0.2) is 49.2 Å². The fourth-order valence-electron chi connectivity index (χ4n) is 5.55. The SMILES string of the molecule is CN1CCC(CCSc2ccc(-c3ccccc3C3CCC(F)(F)CC3C(=O)NCC#N)cc2)CC1. The van der Waals surface area contributed by atoms with Gasteiger partial charge in [-0.2, -0.15) is 5.26 Å². The van der Waals surface area contributed by atoms with E-state index in [2.05, 4.69) is 41.5 Å². The summed E-state index contributed by atoms with van der Waals surface area (Å²) in [5.41, 5.74) is 2.93. The van der Waals surface area contributed by atoms with Crippen LogP contribution in [0.15, 0.2) is 53.4 Å². The predicted molar refractivity (Wildman–Crippen MR) is 141 cm³/mol. The second-order valence-corrected chi connectivity index (χ2v) is 11.4. The van der Waals surface area contributed by atoms with Crippen molar-refractivity contribution in [3.63, 3.8) is 0 Å². The van der Waals surface area contributed by atoms with Crippen molar-refractivity contribution in [2.75, 3.05) is 32.4 Å². The van der Waals surface area contributed by atoms with E-state index in [0.29, 0.717) is 0 Å². The molecule has 2 fully saturated rings. The summed E-state index contributed by atoms with van der Waals surface area (Å²) in [6.07, 6.45) is 3.33. The molecule has 1 N–H and O–H groups in total. The first-order chi connectivity index (χ1) is 17.4. The number of benzene rings is 2. The molecule has 0 radical (unpaired) electrons.